The van der Waals surface area contributed by atoms with Crippen LogP contribution in [0.2, 0.25) is 18.6 Å². The van der Waals surface area contributed by atoms with E-state index < -0.39 is 8.07 Å². The van der Waals surface area contributed by atoms with Crippen molar-refractivity contribution < 1.29 is 5.11 Å². The van der Waals surface area contributed by atoms with Crippen molar-refractivity contribution in [2.75, 3.05) is 12.3 Å². The smallest absolute Gasteiger partial charge is 0.280 e. The van der Waals surface area contributed by atoms with Gasteiger partial charge in [0.15, 0.2) is 11.2 Å². The van der Waals surface area contributed by atoms with Crippen molar-refractivity contribution in [2.45, 2.75) is 31.1 Å². The number of aromatic nitrogens is 4. The number of nitrogen functional groups attached to an aromatic ring is 1. The second kappa shape index (κ2) is 6.71. The number of benzene rings is 1. The Balaban J connectivity index is 1.77. The van der Waals surface area contributed by atoms with Crippen LogP contribution in [0.4, 0.5) is 5.95 Å². The minimum absolute atomic E-state index is 0.00339. The van der Waals surface area contributed by atoms with Gasteiger partial charge < -0.3 is 15.4 Å². The summed E-state index contributed by atoms with van der Waals surface area (Å²) in [7, 11) is -1.88. The van der Waals surface area contributed by atoms with Crippen LogP contribution in [0.15, 0.2) is 53.6 Å². The third-order valence-electron chi connectivity index (χ3n) is 6.30. The van der Waals surface area contributed by atoms with Crippen molar-refractivity contribution in [3.05, 3.63) is 59.2 Å². The number of rotatable bonds is 4. The summed E-state index contributed by atoms with van der Waals surface area (Å²) in [6.45, 7) is 9.07. The molecule has 0 aliphatic heterocycles. The van der Waals surface area contributed by atoms with Crippen molar-refractivity contribution in [2.24, 2.45) is 5.92 Å². The highest BCUT2D eigenvalue weighted by atomic mass is 28.3. The van der Waals surface area contributed by atoms with Crippen LogP contribution in [0.1, 0.15) is 12.5 Å². The quantitative estimate of drug-likeness (QED) is 0.461. The molecular formula is C20H25N5O2Si. The number of aliphatic hydroxyl groups is 1. The second-order valence-electron chi connectivity index (χ2n) is 8.08. The molecular weight excluding hydrogens is 370 g/mol. The van der Waals surface area contributed by atoms with Crippen LogP contribution < -0.4 is 16.5 Å². The number of aliphatic hydroxyl groups excluding tert-OH is 1. The van der Waals surface area contributed by atoms with Crippen molar-refractivity contribution >= 4 is 30.4 Å². The molecule has 4 rings (SSSR count). The minimum atomic E-state index is -1.88. The molecule has 3 atom stereocenters. The second-order valence-corrected chi connectivity index (χ2v) is 12.8. The number of nitrogens with one attached hydrogen (secondary N) is 1. The summed E-state index contributed by atoms with van der Waals surface area (Å²) in [5, 5.41) is 11.5. The zero-order valence-electron chi connectivity index (χ0n) is 16.1. The van der Waals surface area contributed by atoms with E-state index >= 15 is 0 Å². The molecule has 3 aromatic rings. The fourth-order valence-corrected chi connectivity index (χ4v) is 8.27. The lowest BCUT2D eigenvalue weighted by Crippen LogP contribution is -2.47. The van der Waals surface area contributed by atoms with Gasteiger partial charge in [0.25, 0.3) is 5.56 Å². The van der Waals surface area contributed by atoms with Crippen LogP contribution in [-0.4, -0.2) is 39.3 Å². The van der Waals surface area contributed by atoms with Gasteiger partial charge in [-0.25, -0.2) is 4.98 Å². The Hall–Kier alpha value is -2.71. The molecule has 1 aliphatic carbocycles. The molecule has 8 heteroatoms. The Morgan fingerprint density at radius 2 is 2.07 bits per heavy atom. The first-order valence-corrected chi connectivity index (χ1v) is 12.5. The van der Waals surface area contributed by atoms with Crippen molar-refractivity contribution in [1.29, 1.82) is 0 Å². The monoisotopic (exact) mass is 395 g/mol. The molecule has 0 spiro atoms. The highest BCUT2D eigenvalue weighted by molar-refractivity contribution is 6.91. The van der Waals surface area contributed by atoms with Crippen molar-refractivity contribution in [3.63, 3.8) is 0 Å². The van der Waals surface area contributed by atoms with Crippen LogP contribution in [0.3, 0.4) is 0 Å². The number of hydrogen-bond acceptors (Lipinski definition) is 5. The first kappa shape index (κ1) is 18.6. The van der Waals surface area contributed by atoms with Crippen LogP contribution in [0.5, 0.6) is 0 Å². The van der Waals surface area contributed by atoms with Gasteiger partial charge in [-0.1, -0.05) is 55.2 Å². The Kier molecular flexibility index (Phi) is 4.47. The molecule has 7 nitrogen and oxygen atoms in total. The Labute approximate surface area is 164 Å². The largest absolute Gasteiger partial charge is 0.396 e. The lowest BCUT2D eigenvalue weighted by molar-refractivity contribution is 0.248. The highest BCUT2D eigenvalue weighted by Crippen LogP contribution is 2.51. The van der Waals surface area contributed by atoms with Gasteiger partial charge in [-0.2, -0.15) is 4.98 Å². The third kappa shape index (κ3) is 2.80. The molecule has 0 radical (unpaired) electrons. The summed E-state index contributed by atoms with van der Waals surface area (Å²) in [5.41, 5.74) is 7.41. The summed E-state index contributed by atoms with van der Waals surface area (Å²) in [6, 6.07) is 10.5. The van der Waals surface area contributed by atoms with Crippen LogP contribution in [-0.2, 0) is 0 Å². The third-order valence-corrected chi connectivity index (χ3v) is 10.6. The number of hydrogen-bond donors (Lipinski definition) is 3. The average Bonchev–Trinajstić information content (AvgIpc) is 3.23. The van der Waals surface area contributed by atoms with Crippen molar-refractivity contribution in [1.82, 2.24) is 19.5 Å². The van der Waals surface area contributed by atoms with E-state index in [1.54, 1.807) is 6.33 Å². The maximum absolute atomic E-state index is 12.1. The van der Waals surface area contributed by atoms with E-state index in [0.29, 0.717) is 11.2 Å². The lowest BCUT2D eigenvalue weighted by Gasteiger charge is -2.33. The average molecular weight is 396 g/mol. The standard InChI is InChI=1S/C20H25N5O2Si/c1-12-14(10-26)16(28(2,3)13-7-5-4-6-8-13)9-15(12)25-11-22-17-18(25)23-20(21)24-19(17)27/h4-8,11,14-16,26H,1,9-10H2,2-3H3,(H3,21,23,24,27)/t14-,15-,16+/m0/s1. The predicted molar refractivity (Wildman–Crippen MR) is 113 cm³/mol. The zero-order chi connectivity index (χ0) is 20.1. The molecule has 28 heavy (non-hydrogen) atoms. The summed E-state index contributed by atoms with van der Waals surface area (Å²) in [4.78, 5) is 23.2. The molecule has 0 bridgehead atoms. The predicted octanol–water partition coefficient (Wildman–Crippen LogP) is 1.80. The Bertz CT molecular complexity index is 1090. The number of nitrogens with two attached hydrogens (primary N) is 1. The van der Waals surface area contributed by atoms with E-state index in [4.69, 9.17) is 5.73 Å². The van der Waals surface area contributed by atoms with Gasteiger partial charge in [-0.3, -0.25) is 9.78 Å². The van der Waals surface area contributed by atoms with E-state index in [2.05, 4.69) is 58.9 Å². The zero-order valence-corrected chi connectivity index (χ0v) is 17.1. The topological polar surface area (TPSA) is 110 Å². The van der Waals surface area contributed by atoms with Crippen molar-refractivity contribution in [3.8, 4) is 0 Å². The van der Waals surface area contributed by atoms with Gasteiger partial charge in [0.2, 0.25) is 5.95 Å². The molecule has 0 saturated heterocycles. The Morgan fingerprint density at radius 1 is 1.36 bits per heavy atom. The summed E-state index contributed by atoms with van der Waals surface area (Å²) < 4.78 is 1.89. The van der Waals surface area contributed by atoms with Gasteiger partial charge in [0.1, 0.15) is 0 Å². The number of nitrogens with zero attached hydrogens (tertiary/aromatic N) is 3. The van der Waals surface area contributed by atoms with Gasteiger partial charge in [0.05, 0.1) is 20.4 Å². The molecule has 1 aliphatic rings. The van der Waals surface area contributed by atoms with E-state index in [1.165, 1.54) is 5.19 Å². The maximum Gasteiger partial charge on any atom is 0.280 e. The Morgan fingerprint density at radius 3 is 2.75 bits per heavy atom. The molecule has 2 aromatic heterocycles. The molecule has 0 amide bonds. The fraction of sp³-hybridized carbons (Fsp3) is 0.350. The van der Waals surface area contributed by atoms with E-state index in [0.717, 1.165) is 12.0 Å². The number of fused-ring (bicyclic) bond motifs is 1. The molecule has 1 saturated carbocycles. The normalized spacial score (nSPS) is 22.8. The number of imidazole rings is 1. The SMILES string of the molecule is C=C1[C@H](CO)[C@H]([Si](C)(C)c2ccccc2)C[C@@H]1n1cnc2c(=O)[nH]c(N)nc21. The van der Waals surface area contributed by atoms with Crippen LogP contribution >= 0.6 is 0 Å². The summed E-state index contributed by atoms with van der Waals surface area (Å²) >= 11 is 0. The van der Waals surface area contributed by atoms with Gasteiger partial charge in [0, 0.05) is 12.5 Å². The van der Waals surface area contributed by atoms with Gasteiger partial charge in [-0.05, 0) is 17.5 Å². The number of H-pyrrole nitrogens is 1. The molecule has 146 valence electrons. The van der Waals surface area contributed by atoms with E-state index in [-0.39, 0.29) is 35.6 Å². The first-order valence-electron chi connectivity index (χ1n) is 9.42. The summed E-state index contributed by atoms with van der Waals surface area (Å²) in [5.74, 6) is 0.0702. The fourth-order valence-electron chi connectivity index (χ4n) is 4.65. The highest BCUT2D eigenvalue weighted by Gasteiger charge is 2.47. The minimum Gasteiger partial charge on any atom is -0.396 e. The van der Waals surface area contributed by atoms with E-state index in [9.17, 15) is 9.90 Å². The molecule has 1 fully saturated rings. The lowest BCUT2D eigenvalue weighted by atomic mass is 10.0. The molecule has 0 unspecified atom stereocenters. The first-order chi connectivity index (χ1) is 13.3. The van der Waals surface area contributed by atoms with E-state index in [1.807, 2.05) is 10.6 Å². The molecule has 1 aromatic carbocycles. The van der Waals surface area contributed by atoms with Gasteiger partial charge >= 0.3 is 0 Å². The number of aromatic amines is 1. The van der Waals surface area contributed by atoms with Crippen LogP contribution in [0.25, 0.3) is 11.2 Å². The molecule has 2 heterocycles. The molecule has 4 N–H and O–H groups in total. The maximum atomic E-state index is 12.1. The summed E-state index contributed by atoms with van der Waals surface area (Å²) in [6.07, 6.45) is 2.47. The van der Waals surface area contributed by atoms with Gasteiger partial charge in [-0.15, -0.1) is 0 Å². The number of anilines is 1. The van der Waals surface area contributed by atoms with Crippen LogP contribution in [0, 0.1) is 5.92 Å².